The van der Waals surface area contributed by atoms with Crippen LogP contribution < -0.4 is 10.9 Å². The number of fused-ring (bicyclic) bond motifs is 4. The van der Waals surface area contributed by atoms with Gasteiger partial charge in [0, 0.05) is 42.1 Å². The Morgan fingerprint density at radius 2 is 1.76 bits per heavy atom. The lowest BCUT2D eigenvalue weighted by atomic mass is 9.86. The molecule has 0 radical (unpaired) electrons. The minimum Gasteiger partial charge on any atom is -0.396 e. The van der Waals surface area contributed by atoms with Crippen LogP contribution >= 0.6 is 0 Å². The van der Waals surface area contributed by atoms with E-state index in [2.05, 4.69) is 22.3 Å². The number of aliphatic hydroxyl groups is 1. The minimum absolute atomic E-state index is 0.0482. The van der Waals surface area contributed by atoms with Crippen LogP contribution in [-0.2, 0) is 11.3 Å². The van der Waals surface area contributed by atoms with E-state index in [1.54, 1.807) is 4.57 Å². The van der Waals surface area contributed by atoms with Crippen LogP contribution in [0.15, 0.2) is 77.6 Å². The van der Waals surface area contributed by atoms with Gasteiger partial charge in [-0.3, -0.25) is 14.5 Å². The molecule has 3 heterocycles. The van der Waals surface area contributed by atoms with E-state index < -0.39 is 5.92 Å². The zero-order valence-electron chi connectivity index (χ0n) is 19.4. The van der Waals surface area contributed by atoms with E-state index in [1.165, 1.54) is 0 Å². The number of amides is 1. The number of benzene rings is 2. The Bertz CT molecular complexity index is 1280. The molecule has 2 aromatic carbocycles. The lowest BCUT2D eigenvalue weighted by molar-refractivity contribution is -0.122. The normalized spacial score (nSPS) is 23.7. The first kappa shape index (κ1) is 22.3. The number of aromatic nitrogens is 1. The summed E-state index contributed by atoms with van der Waals surface area (Å²) in [4.78, 5) is 28.8. The van der Waals surface area contributed by atoms with Crippen molar-refractivity contribution in [3.8, 4) is 11.1 Å². The van der Waals surface area contributed by atoms with Gasteiger partial charge in [-0.25, -0.2) is 0 Å². The van der Waals surface area contributed by atoms with Gasteiger partial charge in [-0.15, -0.1) is 0 Å². The van der Waals surface area contributed by atoms with Crippen LogP contribution in [-0.4, -0.2) is 40.2 Å². The lowest BCUT2D eigenvalue weighted by Gasteiger charge is -2.35. The summed E-state index contributed by atoms with van der Waals surface area (Å²) in [5, 5.41) is 13.3. The van der Waals surface area contributed by atoms with Crippen LogP contribution in [0.1, 0.15) is 24.2 Å². The summed E-state index contributed by atoms with van der Waals surface area (Å²) in [7, 11) is 1.98. The molecule has 3 aromatic rings. The fourth-order valence-electron chi connectivity index (χ4n) is 5.62. The minimum atomic E-state index is -0.463. The smallest absolute Gasteiger partial charge is 0.258 e. The fraction of sp³-hybridized carbons (Fsp3) is 0.286. The molecule has 174 valence electrons. The van der Waals surface area contributed by atoms with Gasteiger partial charge in [0.1, 0.15) is 0 Å². The van der Waals surface area contributed by atoms with Gasteiger partial charge in [0.05, 0.1) is 12.0 Å². The van der Waals surface area contributed by atoms with Gasteiger partial charge in [-0.05, 0) is 49.4 Å². The second-order valence-corrected chi connectivity index (χ2v) is 9.11. The maximum absolute atomic E-state index is 13.5. The van der Waals surface area contributed by atoms with E-state index in [1.807, 2.05) is 80.7 Å². The van der Waals surface area contributed by atoms with Crippen LogP contribution in [0.2, 0.25) is 0 Å². The van der Waals surface area contributed by atoms with Gasteiger partial charge in [0.2, 0.25) is 5.91 Å². The largest absolute Gasteiger partial charge is 0.396 e. The molecule has 0 saturated carbocycles. The number of allylic oxidation sites excluding steroid dienone is 1. The molecule has 4 atom stereocenters. The topological polar surface area (TPSA) is 74.6 Å². The molecular weight excluding hydrogens is 426 g/mol. The number of pyridine rings is 1. The zero-order chi connectivity index (χ0) is 23.8. The fourth-order valence-corrected chi connectivity index (χ4v) is 5.62. The summed E-state index contributed by atoms with van der Waals surface area (Å²) >= 11 is 0. The maximum Gasteiger partial charge on any atom is 0.258 e. The van der Waals surface area contributed by atoms with Crippen molar-refractivity contribution in [2.45, 2.75) is 25.6 Å². The predicted molar refractivity (Wildman–Crippen MR) is 134 cm³/mol. The van der Waals surface area contributed by atoms with Crippen LogP contribution in [0.5, 0.6) is 0 Å². The average Bonchev–Trinajstić information content (AvgIpc) is 3.03. The molecule has 2 aliphatic rings. The third kappa shape index (κ3) is 3.69. The van der Waals surface area contributed by atoms with E-state index in [0.717, 1.165) is 16.8 Å². The maximum atomic E-state index is 13.5. The molecule has 0 spiro atoms. The van der Waals surface area contributed by atoms with E-state index in [9.17, 15) is 14.7 Å². The number of anilines is 1. The summed E-state index contributed by atoms with van der Waals surface area (Å²) in [6.07, 6.45) is 3.66. The SMILES string of the molecule is C/C=C/c1ccc2n(c1=O)C[C@@H]1[C@@H](CO)[C@H](C(=O)Nc3ccc(-c4ccccc4)cc3)[C@H]2N1C. The Kier molecular flexibility index (Phi) is 5.94. The van der Waals surface area contributed by atoms with Crippen LogP contribution in [0, 0.1) is 11.8 Å². The molecule has 1 amide bonds. The highest BCUT2D eigenvalue weighted by molar-refractivity contribution is 5.94. The van der Waals surface area contributed by atoms with Crippen molar-refractivity contribution < 1.29 is 9.90 Å². The number of nitrogens with one attached hydrogen (secondary N) is 1. The first-order chi connectivity index (χ1) is 16.5. The number of carbonyl (C=O) groups excluding carboxylic acids is 1. The molecule has 6 heteroatoms. The molecule has 0 unspecified atom stereocenters. The quantitative estimate of drug-likeness (QED) is 0.614. The summed E-state index contributed by atoms with van der Waals surface area (Å²) in [6.45, 7) is 2.24. The molecule has 2 aliphatic heterocycles. The van der Waals surface area contributed by atoms with Crippen molar-refractivity contribution in [1.82, 2.24) is 9.47 Å². The first-order valence-corrected chi connectivity index (χ1v) is 11.7. The van der Waals surface area contributed by atoms with Crippen molar-refractivity contribution in [1.29, 1.82) is 0 Å². The summed E-state index contributed by atoms with van der Waals surface area (Å²) in [5.74, 6) is -0.859. The number of carbonyl (C=O) groups is 1. The number of likely N-dealkylation sites (N-methyl/N-ethyl adjacent to an activating group) is 1. The molecule has 2 N–H and O–H groups in total. The van der Waals surface area contributed by atoms with Gasteiger partial charge in [-0.1, -0.05) is 54.6 Å². The Labute approximate surface area is 199 Å². The monoisotopic (exact) mass is 455 g/mol. The molecule has 2 bridgehead atoms. The third-order valence-corrected chi connectivity index (χ3v) is 7.29. The molecule has 34 heavy (non-hydrogen) atoms. The molecule has 1 aromatic heterocycles. The molecule has 6 nitrogen and oxygen atoms in total. The number of hydrogen-bond acceptors (Lipinski definition) is 4. The van der Waals surface area contributed by atoms with Gasteiger partial charge in [-0.2, -0.15) is 0 Å². The molecule has 1 saturated heterocycles. The van der Waals surface area contributed by atoms with Crippen molar-refractivity contribution >= 4 is 17.7 Å². The summed E-state index contributed by atoms with van der Waals surface area (Å²) in [5.41, 5.74) is 4.32. The van der Waals surface area contributed by atoms with Gasteiger partial charge >= 0.3 is 0 Å². The highest BCUT2D eigenvalue weighted by Crippen LogP contribution is 2.47. The second kappa shape index (κ2) is 9.05. The number of rotatable bonds is 5. The van der Waals surface area contributed by atoms with E-state index in [4.69, 9.17) is 0 Å². The van der Waals surface area contributed by atoms with Crippen LogP contribution in [0.3, 0.4) is 0 Å². The van der Waals surface area contributed by atoms with Crippen molar-refractivity contribution in [2.75, 3.05) is 19.0 Å². The van der Waals surface area contributed by atoms with Crippen molar-refractivity contribution in [3.63, 3.8) is 0 Å². The Morgan fingerprint density at radius 1 is 1.06 bits per heavy atom. The molecule has 5 rings (SSSR count). The lowest BCUT2D eigenvalue weighted by Crippen LogP contribution is -2.44. The van der Waals surface area contributed by atoms with Gasteiger partial charge in [0.25, 0.3) is 5.56 Å². The summed E-state index contributed by atoms with van der Waals surface area (Å²) < 4.78 is 1.79. The Hall–Kier alpha value is -3.48. The second-order valence-electron chi connectivity index (χ2n) is 9.11. The highest BCUT2D eigenvalue weighted by Gasteiger charge is 2.54. The van der Waals surface area contributed by atoms with E-state index >= 15 is 0 Å². The number of hydrogen-bond donors (Lipinski definition) is 2. The standard InChI is InChI=1S/C28H29N3O3/c1-3-7-20-12-15-23-26-25(22(17-32)24(30(26)2)16-31(23)28(20)34)27(33)29-21-13-10-19(11-14-21)18-8-5-4-6-9-18/h3-15,22,24-26,32H,16-17H2,1-2H3,(H,29,33)/b7-3+/t22-,24-,25+,26+/m1/s1. The van der Waals surface area contributed by atoms with Crippen molar-refractivity contribution in [3.05, 3.63) is 94.4 Å². The van der Waals surface area contributed by atoms with Crippen molar-refractivity contribution in [2.24, 2.45) is 11.8 Å². The van der Waals surface area contributed by atoms with Gasteiger partial charge < -0.3 is 15.0 Å². The predicted octanol–water partition coefficient (Wildman–Crippen LogP) is 3.78. The average molecular weight is 456 g/mol. The van der Waals surface area contributed by atoms with Crippen LogP contribution in [0.25, 0.3) is 17.2 Å². The first-order valence-electron chi connectivity index (χ1n) is 11.7. The van der Waals surface area contributed by atoms with E-state index in [0.29, 0.717) is 17.8 Å². The number of aliphatic hydroxyl groups excluding tert-OH is 1. The Balaban J connectivity index is 1.44. The molecule has 1 fully saturated rings. The van der Waals surface area contributed by atoms with Crippen LogP contribution in [0.4, 0.5) is 5.69 Å². The molecule has 0 aliphatic carbocycles. The van der Waals surface area contributed by atoms with E-state index in [-0.39, 0.29) is 36.1 Å². The van der Waals surface area contributed by atoms with Gasteiger partial charge in [0.15, 0.2) is 0 Å². The number of nitrogens with zero attached hydrogens (tertiary/aromatic N) is 2. The highest BCUT2D eigenvalue weighted by atomic mass is 16.3. The summed E-state index contributed by atoms with van der Waals surface area (Å²) in [6, 6.07) is 21.3. The Morgan fingerprint density at radius 3 is 2.44 bits per heavy atom. The zero-order valence-corrected chi connectivity index (χ0v) is 19.4. The molecular formula is C28H29N3O3. The third-order valence-electron chi connectivity index (χ3n) is 7.29.